The fraction of sp³-hybridized carbons (Fsp3) is 0.400. The highest BCUT2D eigenvalue weighted by molar-refractivity contribution is 7.87. The van der Waals surface area contributed by atoms with Crippen LogP contribution in [-0.4, -0.2) is 18.8 Å². The van der Waals surface area contributed by atoms with Crippen LogP contribution in [0.4, 0.5) is 18.9 Å². The summed E-state index contributed by atoms with van der Waals surface area (Å²) in [5, 5.41) is 10.6. The van der Waals surface area contributed by atoms with E-state index in [-0.39, 0.29) is 17.7 Å². The van der Waals surface area contributed by atoms with Gasteiger partial charge < -0.3 is 0 Å². The predicted molar refractivity (Wildman–Crippen MR) is 62.2 cm³/mol. The Morgan fingerprint density at radius 2 is 2.00 bits per heavy atom. The molecule has 1 atom stereocenters. The van der Waals surface area contributed by atoms with Gasteiger partial charge in [-0.2, -0.15) is 21.6 Å². The van der Waals surface area contributed by atoms with Crippen LogP contribution in [0.2, 0.25) is 0 Å². The van der Waals surface area contributed by atoms with Crippen LogP contribution in [-0.2, 0) is 14.3 Å². The van der Waals surface area contributed by atoms with Crippen LogP contribution in [0.3, 0.4) is 0 Å². The molecule has 20 heavy (non-hydrogen) atoms. The molecule has 10 heteroatoms. The molecule has 0 saturated carbocycles. The molecule has 0 spiro atoms. The minimum absolute atomic E-state index is 0.0190. The Balaban J connectivity index is 3.09. The number of rotatable bonds is 5. The molecule has 0 N–H and O–H groups in total. The maximum absolute atomic E-state index is 12.2. The summed E-state index contributed by atoms with van der Waals surface area (Å²) in [6.45, 7) is 1.40. The van der Waals surface area contributed by atoms with Gasteiger partial charge in [-0.15, -0.1) is 0 Å². The monoisotopic (exact) mass is 313 g/mol. The SMILES string of the molecule is CCC(OS(=O)(=O)C(F)(F)F)c1cccc([N+](=O)[O-])c1. The Bertz CT molecular complexity index is 599. The first-order valence-corrected chi connectivity index (χ1v) is 6.73. The summed E-state index contributed by atoms with van der Waals surface area (Å²) in [7, 11) is -5.76. The number of nitro benzene ring substituents is 1. The summed E-state index contributed by atoms with van der Waals surface area (Å²) in [6, 6.07) is 4.60. The number of halogens is 3. The highest BCUT2D eigenvalue weighted by Crippen LogP contribution is 2.32. The molecule has 1 aromatic carbocycles. The van der Waals surface area contributed by atoms with Crippen molar-refractivity contribution in [3.63, 3.8) is 0 Å². The summed E-state index contributed by atoms with van der Waals surface area (Å²) in [6.07, 6.45) is -1.54. The highest BCUT2D eigenvalue weighted by Gasteiger charge is 2.48. The number of alkyl halides is 3. The van der Waals surface area contributed by atoms with E-state index >= 15 is 0 Å². The molecule has 0 bridgehead atoms. The van der Waals surface area contributed by atoms with Gasteiger partial charge in [0.05, 0.1) is 4.92 Å². The number of hydrogen-bond acceptors (Lipinski definition) is 5. The van der Waals surface area contributed by atoms with E-state index in [9.17, 15) is 31.7 Å². The summed E-state index contributed by atoms with van der Waals surface area (Å²) in [5.41, 5.74) is -5.93. The van der Waals surface area contributed by atoms with E-state index in [4.69, 9.17) is 0 Å². The van der Waals surface area contributed by atoms with Crippen molar-refractivity contribution in [1.82, 2.24) is 0 Å². The quantitative estimate of drug-likeness (QED) is 0.361. The Labute approximate surface area is 112 Å². The first kappa shape index (κ1) is 16.4. The maximum Gasteiger partial charge on any atom is 0.523 e. The molecule has 112 valence electrons. The number of benzene rings is 1. The van der Waals surface area contributed by atoms with E-state index in [0.717, 1.165) is 12.1 Å². The van der Waals surface area contributed by atoms with Crippen LogP contribution >= 0.6 is 0 Å². The predicted octanol–water partition coefficient (Wildman–Crippen LogP) is 2.91. The fourth-order valence-corrected chi connectivity index (χ4v) is 2.07. The Hall–Kier alpha value is -1.68. The first-order chi connectivity index (χ1) is 9.08. The second kappa shape index (κ2) is 5.75. The number of nitro groups is 1. The first-order valence-electron chi connectivity index (χ1n) is 5.32. The number of non-ortho nitro benzene ring substituents is 1. The zero-order valence-corrected chi connectivity index (χ0v) is 10.9. The normalized spacial score (nSPS) is 14.0. The van der Waals surface area contributed by atoms with Crippen molar-refractivity contribution in [3.05, 3.63) is 39.9 Å². The van der Waals surface area contributed by atoms with Crippen LogP contribution < -0.4 is 0 Å². The Kier molecular flexibility index (Phi) is 4.71. The van der Waals surface area contributed by atoms with Crippen LogP contribution in [0.5, 0.6) is 0 Å². The van der Waals surface area contributed by atoms with E-state index in [1.54, 1.807) is 0 Å². The molecular formula is C10H10F3NO5S. The minimum Gasteiger partial charge on any atom is -0.258 e. The van der Waals surface area contributed by atoms with Crippen LogP contribution in [0.25, 0.3) is 0 Å². The molecule has 0 fully saturated rings. The molecule has 0 saturated heterocycles. The highest BCUT2D eigenvalue weighted by atomic mass is 32.2. The summed E-state index contributed by atoms with van der Waals surface area (Å²) in [5.74, 6) is 0. The molecule has 0 aliphatic heterocycles. The van der Waals surface area contributed by atoms with Gasteiger partial charge in [0.1, 0.15) is 6.10 Å². The van der Waals surface area contributed by atoms with Gasteiger partial charge in [-0.25, -0.2) is 0 Å². The lowest BCUT2D eigenvalue weighted by Gasteiger charge is -2.17. The van der Waals surface area contributed by atoms with Crippen molar-refractivity contribution in [2.75, 3.05) is 0 Å². The molecule has 6 nitrogen and oxygen atoms in total. The van der Waals surface area contributed by atoms with Crippen LogP contribution in [0.1, 0.15) is 25.0 Å². The summed E-state index contributed by atoms with van der Waals surface area (Å²) < 4.78 is 62.7. The van der Waals surface area contributed by atoms with Gasteiger partial charge in [0.25, 0.3) is 5.69 Å². The van der Waals surface area contributed by atoms with Gasteiger partial charge in [-0.1, -0.05) is 19.1 Å². The minimum atomic E-state index is -5.76. The zero-order chi connectivity index (χ0) is 15.6. The van der Waals surface area contributed by atoms with Crippen molar-refractivity contribution >= 4 is 15.8 Å². The molecular weight excluding hydrogens is 303 g/mol. The van der Waals surface area contributed by atoms with E-state index in [0.29, 0.717) is 0 Å². The van der Waals surface area contributed by atoms with E-state index in [2.05, 4.69) is 4.18 Å². The van der Waals surface area contributed by atoms with Gasteiger partial charge >= 0.3 is 15.6 Å². The molecule has 0 aromatic heterocycles. The maximum atomic E-state index is 12.2. The fourth-order valence-electron chi connectivity index (χ4n) is 1.41. The lowest BCUT2D eigenvalue weighted by Crippen LogP contribution is -2.27. The lowest BCUT2D eigenvalue weighted by molar-refractivity contribution is -0.385. The van der Waals surface area contributed by atoms with Gasteiger partial charge in [-0.05, 0) is 12.0 Å². The van der Waals surface area contributed by atoms with E-state index in [1.165, 1.54) is 19.1 Å². The second-order valence-electron chi connectivity index (χ2n) is 3.75. The molecule has 0 aliphatic rings. The standard InChI is InChI=1S/C10H10F3NO5S/c1-2-9(19-20(17,18)10(11,12)13)7-4-3-5-8(6-7)14(15)16/h3-6,9H,2H2,1H3. The topological polar surface area (TPSA) is 86.5 Å². The molecule has 1 unspecified atom stereocenters. The third kappa shape index (κ3) is 3.67. The van der Waals surface area contributed by atoms with Crippen molar-refractivity contribution in [2.24, 2.45) is 0 Å². The molecule has 0 amide bonds. The van der Waals surface area contributed by atoms with Gasteiger partial charge in [0, 0.05) is 12.1 Å². The third-order valence-electron chi connectivity index (χ3n) is 2.35. The van der Waals surface area contributed by atoms with Crippen molar-refractivity contribution in [2.45, 2.75) is 25.0 Å². The summed E-state index contributed by atoms with van der Waals surface area (Å²) >= 11 is 0. The average Bonchev–Trinajstić information content (AvgIpc) is 2.34. The van der Waals surface area contributed by atoms with Crippen molar-refractivity contribution in [3.8, 4) is 0 Å². The molecule has 1 rings (SSSR count). The second-order valence-corrected chi connectivity index (χ2v) is 5.31. The van der Waals surface area contributed by atoms with E-state index < -0.39 is 26.7 Å². The van der Waals surface area contributed by atoms with Gasteiger partial charge in [0.2, 0.25) is 0 Å². The molecule has 0 radical (unpaired) electrons. The number of nitrogens with zero attached hydrogens (tertiary/aromatic N) is 1. The van der Waals surface area contributed by atoms with E-state index in [1.807, 2.05) is 0 Å². The van der Waals surface area contributed by atoms with Crippen LogP contribution in [0, 0.1) is 10.1 Å². The largest absolute Gasteiger partial charge is 0.523 e. The zero-order valence-electron chi connectivity index (χ0n) is 10.1. The van der Waals surface area contributed by atoms with Crippen molar-refractivity contribution < 1.29 is 30.7 Å². The smallest absolute Gasteiger partial charge is 0.258 e. The Morgan fingerprint density at radius 1 is 1.40 bits per heavy atom. The van der Waals surface area contributed by atoms with Gasteiger partial charge in [0.15, 0.2) is 0 Å². The third-order valence-corrected chi connectivity index (χ3v) is 3.40. The lowest BCUT2D eigenvalue weighted by atomic mass is 10.1. The van der Waals surface area contributed by atoms with Crippen LogP contribution in [0.15, 0.2) is 24.3 Å². The molecule has 0 heterocycles. The van der Waals surface area contributed by atoms with Gasteiger partial charge in [-0.3, -0.25) is 14.3 Å². The molecule has 1 aromatic rings. The number of hydrogen-bond donors (Lipinski definition) is 0. The Morgan fingerprint density at radius 3 is 2.45 bits per heavy atom. The molecule has 0 aliphatic carbocycles. The van der Waals surface area contributed by atoms with Crippen molar-refractivity contribution in [1.29, 1.82) is 0 Å². The average molecular weight is 313 g/mol. The summed E-state index contributed by atoms with van der Waals surface area (Å²) in [4.78, 5) is 9.83.